The van der Waals surface area contributed by atoms with Crippen LogP contribution in [0.25, 0.3) is 10.9 Å². The molecule has 148 valence electrons. The van der Waals surface area contributed by atoms with E-state index in [1.807, 2.05) is 67.6 Å². The Morgan fingerprint density at radius 3 is 2.73 bits per heavy atom. The van der Waals surface area contributed by atoms with Gasteiger partial charge in [0.05, 0.1) is 11.5 Å². The van der Waals surface area contributed by atoms with Gasteiger partial charge in [-0.3, -0.25) is 4.79 Å². The number of H-pyrrole nitrogens is 1. The summed E-state index contributed by atoms with van der Waals surface area (Å²) in [5.41, 5.74) is 2.36. The first-order valence-corrected chi connectivity index (χ1v) is 9.70. The molecule has 0 saturated heterocycles. The van der Waals surface area contributed by atoms with Crippen LogP contribution in [-0.4, -0.2) is 9.97 Å². The molecule has 5 heteroatoms. The normalized spacial score (nSPS) is 12.8. The predicted molar refractivity (Wildman–Crippen MR) is 117 cm³/mol. The largest absolute Gasteiger partial charge is 0.439 e. The summed E-state index contributed by atoms with van der Waals surface area (Å²) in [5, 5.41) is 11.0. The first-order chi connectivity index (χ1) is 14.5. The molecule has 0 aliphatic carbocycles. The minimum atomic E-state index is -0.764. The number of nitrogens with zero attached hydrogens (tertiary/aromatic N) is 2. The Hall–Kier alpha value is -3.91. The fourth-order valence-corrected chi connectivity index (χ4v) is 3.51. The maximum Gasteiger partial charge on any atom is 0.251 e. The number of fused-ring (bicyclic) bond motifs is 1. The van der Waals surface area contributed by atoms with E-state index in [0.717, 1.165) is 22.0 Å². The third kappa shape index (κ3) is 3.94. The molecule has 0 bridgehead atoms. The Balaban J connectivity index is 1.64. The molecule has 0 spiro atoms. The highest BCUT2D eigenvalue weighted by molar-refractivity contribution is 5.80. The van der Waals surface area contributed by atoms with Crippen molar-refractivity contribution in [3.8, 4) is 17.7 Å². The highest BCUT2D eigenvalue weighted by Gasteiger charge is 2.27. The molecule has 0 aliphatic rings. The van der Waals surface area contributed by atoms with Crippen LogP contribution in [0, 0.1) is 18.3 Å². The Morgan fingerprint density at radius 1 is 1.10 bits per heavy atom. The summed E-state index contributed by atoms with van der Waals surface area (Å²) < 4.78 is 5.82. The van der Waals surface area contributed by atoms with E-state index >= 15 is 0 Å². The van der Waals surface area contributed by atoms with Gasteiger partial charge in [-0.2, -0.15) is 5.26 Å². The molecule has 0 saturated carbocycles. The van der Waals surface area contributed by atoms with Crippen molar-refractivity contribution in [2.24, 2.45) is 0 Å². The first-order valence-electron chi connectivity index (χ1n) is 9.70. The number of rotatable bonds is 5. The van der Waals surface area contributed by atoms with Gasteiger partial charge in [-0.25, -0.2) is 4.98 Å². The molecule has 5 nitrogen and oxygen atoms in total. The fraction of sp³-hybridized carbons (Fsp3) is 0.160. The molecular weight excluding hydrogens is 374 g/mol. The number of nitriles is 1. The van der Waals surface area contributed by atoms with E-state index in [0.29, 0.717) is 23.6 Å². The monoisotopic (exact) mass is 395 g/mol. The van der Waals surface area contributed by atoms with Gasteiger partial charge >= 0.3 is 0 Å². The number of benzene rings is 2. The van der Waals surface area contributed by atoms with E-state index in [9.17, 15) is 10.1 Å². The van der Waals surface area contributed by atoms with Crippen LogP contribution in [0.4, 0.5) is 0 Å². The number of ether oxygens (including phenoxy) is 1. The average molecular weight is 395 g/mol. The molecule has 0 amide bonds. The molecule has 1 atom stereocenters. The molecule has 1 N–H and O–H groups in total. The zero-order chi connectivity index (χ0) is 21.1. The van der Waals surface area contributed by atoms with Crippen molar-refractivity contribution in [2.75, 3.05) is 0 Å². The second-order valence-electron chi connectivity index (χ2n) is 7.62. The highest BCUT2D eigenvalue weighted by Crippen LogP contribution is 2.31. The van der Waals surface area contributed by atoms with E-state index in [1.54, 1.807) is 19.2 Å². The SMILES string of the molecule is Cc1cc2ccc(C(C)(C#N)Cc3cccc(Oc4ccccn4)c3)cc2[nH]c1=O. The number of hydrogen-bond donors (Lipinski definition) is 1. The van der Waals surface area contributed by atoms with Crippen LogP contribution in [0.15, 0.2) is 77.7 Å². The molecule has 2 aromatic heterocycles. The summed E-state index contributed by atoms with van der Waals surface area (Å²) in [7, 11) is 0. The molecule has 0 aliphatic heterocycles. The maximum atomic E-state index is 12.0. The van der Waals surface area contributed by atoms with Crippen molar-refractivity contribution in [1.29, 1.82) is 5.26 Å². The van der Waals surface area contributed by atoms with Crippen molar-refractivity contribution >= 4 is 10.9 Å². The minimum Gasteiger partial charge on any atom is -0.439 e. The van der Waals surface area contributed by atoms with Gasteiger partial charge in [-0.15, -0.1) is 0 Å². The molecule has 0 radical (unpaired) electrons. The highest BCUT2D eigenvalue weighted by atomic mass is 16.5. The molecule has 4 aromatic rings. The third-order valence-corrected chi connectivity index (χ3v) is 5.23. The van der Waals surface area contributed by atoms with Crippen molar-refractivity contribution < 1.29 is 4.74 Å². The second kappa shape index (κ2) is 7.84. The minimum absolute atomic E-state index is 0.113. The summed E-state index contributed by atoms with van der Waals surface area (Å²) in [6.07, 6.45) is 2.18. The van der Waals surface area contributed by atoms with Crippen molar-refractivity contribution in [3.63, 3.8) is 0 Å². The summed E-state index contributed by atoms with van der Waals surface area (Å²) in [6.45, 7) is 3.69. The van der Waals surface area contributed by atoms with Crippen LogP contribution in [0.3, 0.4) is 0 Å². The zero-order valence-corrected chi connectivity index (χ0v) is 16.8. The van der Waals surface area contributed by atoms with Gasteiger partial charge in [0, 0.05) is 23.3 Å². The summed E-state index contributed by atoms with van der Waals surface area (Å²) in [6, 6.07) is 23.3. The lowest BCUT2D eigenvalue weighted by molar-refractivity contribution is 0.461. The summed E-state index contributed by atoms with van der Waals surface area (Å²) >= 11 is 0. The van der Waals surface area contributed by atoms with Crippen LogP contribution < -0.4 is 10.3 Å². The Labute approximate surface area is 174 Å². The van der Waals surface area contributed by atoms with Crippen molar-refractivity contribution in [1.82, 2.24) is 9.97 Å². The van der Waals surface area contributed by atoms with Crippen LogP contribution in [0.2, 0.25) is 0 Å². The number of nitrogens with one attached hydrogen (secondary N) is 1. The van der Waals surface area contributed by atoms with Gasteiger partial charge in [0.25, 0.3) is 5.56 Å². The first kappa shape index (κ1) is 19.4. The standard InChI is InChI=1S/C25H21N3O2/c1-17-12-19-9-10-20(14-22(19)28-24(17)29)25(2,16-26)15-18-6-5-7-21(13-18)30-23-8-3-4-11-27-23/h3-14H,15H2,1-2H3,(H,28,29). The second-order valence-corrected chi connectivity index (χ2v) is 7.62. The third-order valence-electron chi connectivity index (χ3n) is 5.23. The molecular formula is C25H21N3O2. The van der Waals surface area contributed by atoms with E-state index in [2.05, 4.69) is 16.0 Å². The average Bonchev–Trinajstić information content (AvgIpc) is 2.75. The van der Waals surface area contributed by atoms with Crippen LogP contribution in [-0.2, 0) is 11.8 Å². The van der Waals surface area contributed by atoms with Crippen molar-refractivity contribution in [3.05, 3.63) is 100.0 Å². The number of aromatic nitrogens is 2. The summed E-state index contributed by atoms with van der Waals surface area (Å²) in [4.78, 5) is 19.1. The van der Waals surface area contributed by atoms with Crippen molar-refractivity contribution in [2.45, 2.75) is 25.7 Å². The van der Waals surface area contributed by atoms with Gasteiger partial charge in [-0.1, -0.05) is 30.3 Å². The number of aromatic amines is 1. The van der Waals surface area contributed by atoms with Crippen LogP contribution in [0.5, 0.6) is 11.6 Å². The number of aryl methyl sites for hydroxylation is 1. The molecule has 2 heterocycles. The Morgan fingerprint density at radius 2 is 1.97 bits per heavy atom. The van der Waals surface area contributed by atoms with Gasteiger partial charge in [-0.05, 0) is 67.1 Å². The Bertz CT molecular complexity index is 1310. The van der Waals surface area contributed by atoms with E-state index < -0.39 is 5.41 Å². The summed E-state index contributed by atoms with van der Waals surface area (Å²) in [5.74, 6) is 1.19. The quantitative estimate of drug-likeness (QED) is 0.513. The maximum absolute atomic E-state index is 12.0. The molecule has 0 fully saturated rings. The predicted octanol–water partition coefficient (Wildman–Crippen LogP) is 5.05. The number of pyridine rings is 2. The lowest BCUT2D eigenvalue weighted by Crippen LogP contribution is -2.23. The zero-order valence-electron chi connectivity index (χ0n) is 16.8. The number of hydrogen-bond acceptors (Lipinski definition) is 4. The fourth-order valence-electron chi connectivity index (χ4n) is 3.51. The van der Waals surface area contributed by atoms with E-state index in [1.165, 1.54) is 0 Å². The Kier molecular flexibility index (Phi) is 5.07. The van der Waals surface area contributed by atoms with Crippen LogP contribution in [0.1, 0.15) is 23.6 Å². The van der Waals surface area contributed by atoms with Gasteiger partial charge < -0.3 is 9.72 Å². The van der Waals surface area contributed by atoms with Gasteiger partial charge in [0.15, 0.2) is 0 Å². The van der Waals surface area contributed by atoms with E-state index in [-0.39, 0.29) is 5.56 Å². The smallest absolute Gasteiger partial charge is 0.251 e. The molecule has 2 aromatic carbocycles. The van der Waals surface area contributed by atoms with Gasteiger partial charge in [0.2, 0.25) is 5.88 Å². The lowest BCUT2D eigenvalue weighted by Gasteiger charge is -2.23. The molecule has 1 unspecified atom stereocenters. The molecule has 4 rings (SSSR count). The molecule has 30 heavy (non-hydrogen) atoms. The lowest BCUT2D eigenvalue weighted by atomic mass is 9.78. The topological polar surface area (TPSA) is 78.8 Å². The van der Waals surface area contributed by atoms with E-state index in [4.69, 9.17) is 4.74 Å². The van der Waals surface area contributed by atoms with Crippen LogP contribution >= 0.6 is 0 Å². The van der Waals surface area contributed by atoms with Gasteiger partial charge in [0.1, 0.15) is 5.75 Å².